The van der Waals surface area contributed by atoms with Crippen LogP contribution in [0.1, 0.15) is 31.8 Å². The first-order valence-corrected chi connectivity index (χ1v) is 7.02. The number of aryl methyl sites for hydroxylation is 2. The average molecular weight is 312 g/mol. The second-order valence-corrected chi connectivity index (χ2v) is 4.69. The molecule has 0 saturated carbocycles. The third-order valence-electron chi connectivity index (χ3n) is 3.11. The van der Waals surface area contributed by atoms with Crippen molar-refractivity contribution in [2.24, 2.45) is 0 Å². The van der Waals surface area contributed by atoms with E-state index in [2.05, 4.69) is 16.1 Å². The Morgan fingerprint density at radius 3 is 1.70 bits per heavy atom. The summed E-state index contributed by atoms with van der Waals surface area (Å²) in [7, 11) is 1.38. The van der Waals surface area contributed by atoms with Crippen molar-refractivity contribution >= 4 is 11.9 Å². The lowest BCUT2D eigenvalue weighted by molar-refractivity contribution is 0.0598. The molecule has 2 aromatic carbocycles. The average Bonchev–Trinajstić information content (AvgIpc) is 2.56. The number of hydrogen-bond acceptors (Lipinski definition) is 4. The standard InChI is InChI=1S/C10H10O2.C9H10O2/c1-3-12-10(11)9-7-5-4-6-8(9)2;1-7-5-3-4-6-8(7)9(10)11-2/h3-7H,1H2,2H3;3-6H,1-2H3. The number of carbonyl (C=O) groups is 2. The van der Waals surface area contributed by atoms with Gasteiger partial charge in [0.2, 0.25) is 0 Å². The van der Waals surface area contributed by atoms with Gasteiger partial charge in [-0.2, -0.15) is 0 Å². The van der Waals surface area contributed by atoms with Gasteiger partial charge in [0.25, 0.3) is 0 Å². The number of benzene rings is 2. The van der Waals surface area contributed by atoms with E-state index in [1.54, 1.807) is 18.2 Å². The number of rotatable bonds is 3. The maximum absolute atomic E-state index is 11.2. The van der Waals surface area contributed by atoms with Crippen LogP contribution in [0.2, 0.25) is 0 Å². The SMILES string of the molecule is C=COC(=O)c1ccccc1C.COC(=O)c1ccccc1C. The predicted octanol–water partition coefficient (Wildman–Crippen LogP) is 4.08. The van der Waals surface area contributed by atoms with Crippen molar-refractivity contribution in [1.29, 1.82) is 0 Å². The Kier molecular flexibility index (Phi) is 7.27. The molecule has 0 radical (unpaired) electrons. The summed E-state index contributed by atoms with van der Waals surface area (Å²) in [4.78, 5) is 22.2. The van der Waals surface area contributed by atoms with E-state index in [1.807, 2.05) is 44.2 Å². The van der Waals surface area contributed by atoms with Crippen LogP contribution in [-0.2, 0) is 9.47 Å². The van der Waals surface area contributed by atoms with E-state index >= 15 is 0 Å². The van der Waals surface area contributed by atoms with E-state index < -0.39 is 0 Å². The van der Waals surface area contributed by atoms with Crippen LogP contribution in [0.5, 0.6) is 0 Å². The van der Waals surface area contributed by atoms with Crippen LogP contribution in [0, 0.1) is 13.8 Å². The zero-order valence-corrected chi connectivity index (χ0v) is 13.5. The zero-order valence-electron chi connectivity index (χ0n) is 13.5. The highest BCUT2D eigenvalue weighted by Crippen LogP contribution is 2.08. The van der Waals surface area contributed by atoms with Crippen LogP contribution in [0.25, 0.3) is 0 Å². The Morgan fingerprint density at radius 1 is 0.870 bits per heavy atom. The molecule has 0 N–H and O–H groups in total. The number of methoxy groups -OCH3 is 1. The summed E-state index contributed by atoms with van der Waals surface area (Å²) in [6.45, 7) is 7.05. The molecule has 0 saturated heterocycles. The smallest absolute Gasteiger partial charge is 0.343 e. The number of esters is 2. The third-order valence-corrected chi connectivity index (χ3v) is 3.11. The minimum Gasteiger partial charge on any atom is -0.465 e. The summed E-state index contributed by atoms with van der Waals surface area (Å²) in [5, 5.41) is 0. The molecule has 23 heavy (non-hydrogen) atoms. The van der Waals surface area contributed by atoms with Crippen LogP contribution in [0.3, 0.4) is 0 Å². The number of carbonyl (C=O) groups excluding carboxylic acids is 2. The zero-order chi connectivity index (χ0) is 17.2. The van der Waals surface area contributed by atoms with Crippen molar-refractivity contribution < 1.29 is 19.1 Å². The quantitative estimate of drug-likeness (QED) is 0.633. The van der Waals surface area contributed by atoms with Crippen molar-refractivity contribution in [3.05, 3.63) is 83.6 Å². The van der Waals surface area contributed by atoms with Gasteiger partial charge in [-0.3, -0.25) is 0 Å². The summed E-state index contributed by atoms with van der Waals surface area (Å²) in [5.41, 5.74) is 3.07. The summed E-state index contributed by atoms with van der Waals surface area (Å²) in [6, 6.07) is 14.6. The predicted molar refractivity (Wildman–Crippen MR) is 89.3 cm³/mol. The molecule has 0 unspecified atom stereocenters. The van der Waals surface area contributed by atoms with Crippen molar-refractivity contribution in [2.45, 2.75) is 13.8 Å². The topological polar surface area (TPSA) is 52.6 Å². The fourth-order valence-electron chi connectivity index (χ4n) is 1.85. The van der Waals surface area contributed by atoms with Crippen LogP contribution >= 0.6 is 0 Å². The fraction of sp³-hybridized carbons (Fsp3) is 0.158. The van der Waals surface area contributed by atoms with Crippen molar-refractivity contribution in [3.63, 3.8) is 0 Å². The minimum absolute atomic E-state index is 0.275. The molecule has 2 rings (SSSR count). The molecule has 0 aromatic heterocycles. The second kappa shape index (κ2) is 9.20. The maximum atomic E-state index is 11.2. The molecule has 0 aliphatic rings. The molecule has 0 aliphatic heterocycles. The van der Waals surface area contributed by atoms with E-state index in [-0.39, 0.29) is 11.9 Å². The Bertz CT molecular complexity index is 689. The van der Waals surface area contributed by atoms with Crippen LogP contribution in [0.15, 0.2) is 61.4 Å². The van der Waals surface area contributed by atoms with Gasteiger partial charge in [-0.1, -0.05) is 43.0 Å². The van der Waals surface area contributed by atoms with Crippen LogP contribution in [0.4, 0.5) is 0 Å². The summed E-state index contributed by atoms with van der Waals surface area (Å²) < 4.78 is 9.21. The van der Waals surface area contributed by atoms with E-state index in [1.165, 1.54) is 7.11 Å². The maximum Gasteiger partial charge on any atom is 0.343 e. The van der Waals surface area contributed by atoms with E-state index in [4.69, 9.17) is 0 Å². The molecule has 0 heterocycles. The second-order valence-electron chi connectivity index (χ2n) is 4.69. The molecule has 0 fully saturated rings. The van der Waals surface area contributed by atoms with Gasteiger partial charge < -0.3 is 9.47 Å². The lowest BCUT2D eigenvalue weighted by Crippen LogP contribution is -2.02. The largest absolute Gasteiger partial charge is 0.465 e. The Labute approximate surface area is 136 Å². The normalized spacial score (nSPS) is 9.17. The fourth-order valence-corrected chi connectivity index (χ4v) is 1.85. The molecular formula is C19H20O4. The summed E-state index contributed by atoms with van der Waals surface area (Å²) in [6.07, 6.45) is 1.13. The minimum atomic E-state index is -0.358. The Balaban J connectivity index is 0.000000231. The van der Waals surface area contributed by atoms with Gasteiger partial charge in [0.1, 0.15) is 0 Å². The van der Waals surface area contributed by atoms with Crippen LogP contribution in [-0.4, -0.2) is 19.0 Å². The van der Waals surface area contributed by atoms with Crippen molar-refractivity contribution in [3.8, 4) is 0 Å². The first-order chi connectivity index (χ1) is 11.0. The highest BCUT2D eigenvalue weighted by Gasteiger charge is 2.07. The Morgan fingerprint density at radius 2 is 1.30 bits per heavy atom. The van der Waals surface area contributed by atoms with Gasteiger partial charge in [0.05, 0.1) is 24.5 Å². The highest BCUT2D eigenvalue weighted by atomic mass is 16.5. The van der Waals surface area contributed by atoms with Crippen molar-refractivity contribution in [2.75, 3.05) is 7.11 Å². The molecule has 0 aliphatic carbocycles. The highest BCUT2D eigenvalue weighted by molar-refractivity contribution is 5.91. The Hall–Kier alpha value is -2.88. The number of ether oxygens (including phenoxy) is 2. The van der Waals surface area contributed by atoms with E-state index in [0.717, 1.165) is 17.4 Å². The summed E-state index contributed by atoms with van der Waals surface area (Å²) >= 11 is 0. The van der Waals surface area contributed by atoms with E-state index in [9.17, 15) is 9.59 Å². The molecule has 0 atom stereocenters. The monoisotopic (exact) mass is 312 g/mol. The molecule has 0 bridgehead atoms. The molecule has 2 aromatic rings. The molecule has 4 heteroatoms. The van der Waals surface area contributed by atoms with Gasteiger partial charge in [-0.15, -0.1) is 0 Å². The van der Waals surface area contributed by atoms with Gasteiger partial charge in [0.15, 0.2) is 0 Å². The van der Waals surface area contributed by atoms with Crippen molar-refractivity contribution in [1.82, 2.24) is 0 Å². The first-order valence-electron chi connectivity index (χ1n) is 7.02. The lowest BCUT2D eigenvalue weighted by atomic mass is 10.1. The van der Waals surface area contributed by atoms with E-state index in [0.29, 0.717) is 11.1 Å². The van der Waals surface area contributed by atoms with Gasteiger partial charge >= 0.3 is 11.9 Å². The molecule has 120 valence electrons. The van der Waals surface area contributed by atoms with Gasteiger partial charge in [-0.25, -0.2) is 9.59 Å². The molecular weight excluding hydrogens is 292 g/mol. The molecule has 4 nitrogen and oxygen atoms in total. The van der Waals surface area contributed by atoms with Gasteiger partial charge in [-0.05, 0) is 37.1 Å². The molecule has 0 spiro atoms. The van der Waals surface area contributed by atoms with Gasteiger partial charge in [0, 0.05) is 0 Å². The first kappa shape index (κ1) is 18.2. The lowest BCUT2D eigenvalue weighted by Gasteiger charge is -2.01. The summed E-state index contributed by atoms with van der Waals surface area (Å²) in [5.74, 6) is -0.633. The number of hydrogen-bond donors (Lipinski definition) is 0. The third kappa shape index (κ3) is 5.43. The molecule has 0 amide bonds. The van der Waals surface area contributed by atoms with Crippen LogP contribution < -0.4 is 0 Å².